The number of nitrogens with one attached hydrogen (secondary N) is 1. The molecule has 1 aliphatic heterocycles. The molecular formula is C21H20FN3O. The molecular weight excluding hydrogens is 329 g/mol. The number of nitrogens with zero attached hydrogens (tertiary/aromatic N) is 2. The molecule has 1 saturated carbocycles. The third-order valence-electron chi connectivity index (χ3n) is 5.99. The molecule has 1 atom stereocenters. The highest BCUT2D eigenvalue weighted by atomic mass is 19.1. The van der Waals surface area contributed by atoms with E-state index in [2.05, 4.69) is 16.2 Å². The average Bonchev–Trinajstić information content (AvgIpc) is 3.14. The van der Waals surface area contributed by atoms with Crippen LogP contribution in [0.4, 0.5) is 4.39 Å². The first-order valence-corrected chi connectivity index (χ1v) is 9.14. The minimum absolute atomic E-state index is 0.202. The molecule has 1 aliphatic carbocycles. The lowest BCUT2D eigenvalue weighted by molar-refractivity contribution is -0.132. The van der Waals surface area contributed by atoms with E-state index in [0.717, 1.165) is 43.4 Å². The number of pyridine rings is 1. The van der Waals surface area contributed by atoms with E-state index in [9.17, 15) is 9.18 Å². The summed E-state index contributed by atoms with van der Waals surface area (Å²) in [7, 11) is 0. The van der Waals surface area contributed by atoms with Crippen molar-refractivity contribution in [1.29, 1.82) is 0 Å². The summed E-state index contributed by atoms with van der Waals surface area (Å²) < 4.78 is 13.2. The summed E-state index contributed by atoms with van der Waals surface area (Å²) in [6, 6.07) is 8.47. The van der Waals surface area contributed by atoms with E-state index in [1.165, 1.54) is 23.1 Å². The molecule has 3 heterocycles. The van der Waals surface area contributed by atoms with Gasteiger partial charge in [-0.1, -0.05) is 12.1 Å². The van der Waals surface area contributed by atoms with Gasteiger partial charge >= 0.3 is 0 Å². The molecule has 1 unspecified atom stereocenters. The number of amides is 1. The van der Waals surface area contributed by atoms with Gasteiger partial charge in [-0.15, -0.1) is 0 Å². The molecule has 1 amide bonds. The van der Waals surface area contributed by atoms with Gasteiger partial charge in [-0.3, -0.25) is 9.78 Å². The quantitative estimate of drug-likeness (QED) is 0.783. The number of fused-ring (bicyclic) bond motifs is 1. The monoisotopic (exact) mass is 349 g/mol. The van der Waals surface area contributed by atoms with Gasteiger partial charge in [-0.2, -0.15) is 0 Å². The molecule has 0 bridgehead atoms. The third kappa shape index (κ3) is 2.34. The molecule has 1 N–H and O–H groups in total. The summed E-state index contributed by atoms with van der Waals surface area (Å²) in [5.41, 5.74) is 2.83. The first-order chi connectivity index (χ1) is 12.7. The highest BCUT2D eigenvalue weighted by Crippen LogP contribution is 2.50. The average molecular weight is 349 g/mol. The van der Waals surface area contributed by atoms with E-state index in [4.69, 9.17) is 0 Å². The molecule has 0 spiro atoms. The number of hydrogen-bond acceptors (Lipinski definition) is 2. The lowest BCUT2D eigenvalue weighted by atomic mass is 9.94. The third-order valence-corrected chi connectivity index (χ3v) is 5.99. The molecule has 26 heavy (non-hydrogen) atoms. The van der Waals surface area contributed by atoms with Crippen LogP contribution in [0, 0.1) is 5.82 Å². The number of aromatic amines is 1. The van der Waals surface area contributed by atoms with E-state index in [-0.39, 0.29) is 11.7 Å². The van der Waals surface area contributed by atoms with Crippen molar-refractivity contribution in [2.75, 3.05) is 13.1 Å². The Morgan fingerprint density at radius 2 is 2.04 bits per heavy atom. The van der Waals surface area contributed by atoms with Crippen LogP contribution in [-0.4, -0.2) is 33.9 Å². The van der Waals surface area contributed by atoms with Gasteiger partial charge in [0, 0.05) is 36.8 Å². The number of benzene rings is 1. The second kappa shape index (κ2) is 5.66. The highest BCUT2D eigenvalue weighted by Gasteiger charge is 2.53. The summed E-state index contributed by atoms with van der Waals surface area (Å²) in [5.74, 6) is 0.291. The van der Waals surface area contributed by atoms with Crippen LogP contribution in [0.15, 0.2) is 48.9 Å². The smallest absolute Gasteiger partial charge is 0.233 e. The van der Waals surface area contributed by atoms with Gasteiger partial charge in [-0.25, -0.2) is 4.39 Å². The number of H-pyrrole nitrogens is 1. The van der Waals surface area contributed by atoms with E-state index >= 15 is 0 Å². The standard InChI is InChI=1S/C21H20FN3O/c22-16-3-1-15(2-4-16)21(7-8-21)20(26)25-10-6-14(13-25)18-11-24-19-12-23-9-5-17(18)19/h1-5,9,11-12,14,24H,6-8,10,13H2. The molecule has 2 aromatic heterocycles. The molecule has 2 aliphatic rings. The summed E-state index contributed by atoms with van der Waals surface area (Å²) in [4.78, 5) is 22.6. The van der Waals surface area contributed by atoms with Crippen molar-refractivity contribution in [2.45, 2.75) is 30.6 Å². The number of hydrogen-bond donors (Lipinski definition) is 1. The van der Waals surface area contributed by atoms with Crippen molar-refractivity contribution in [3.8, 4) is 0 Å². The zero-order chi connectivity index (χ0) is 17.7. The molecule has 0 radical (unpaired) electrons. The van der Waals surface area contributed by atoms with Crippen LogP contribution in [-0.2, 0) is 10.2 Å². The predicted molar refractivity (Wildman–Crippen MR) is 97.3 cm³/mol. The van der Waals surface area contributed by atoms with Crippen LogP contribution < -0.4 is 0 Å². The molecule has 4 nitrogen and oxygen atoms in total. The molecule has 132 valence electrons. The van der Waals surface area contributed by atoms with Gasteiger partial charge < -0.3 is 9.88 Å². The number of rotatable bonds is 3. The summed E-state index contributed by atoms with van der Waals surface area (Å²) in [5, 5.41) is 1.19. The number of likely N-dealkylation sites (tertiary alicyclic amines) is 1. The SMILES string of the molecule is O=C(N1CCC(c2c[nH]c3cnccc23)C1)C1(c2ccc(F)cc2)CC1. The maximum absolute atomic E-state index is 13.2. The Balaban J connectivity index is 1.37. The first-order valence-electron chi connectivity index (χ1n) is 9.14. The van der Waals surface area contributed by atoms with Crippen LogP contribution >= 0.6 is 0 Å². The van der Waals surface area contributed by atoms with E-state index in [1.807, 2.05) is 23.4 Å². The predicted octanol–water partition coefficient (Wildman–Crippen LogP) is 3.75. The summed E-state index contributed by atoms with van der Waals surface area (Å²) in [6.45, 7) is 1.53. The minimum Gasteiger partial charge on any atom is -0.360 e. The Labute approximate surface area is 151 Å². The van der Waals surface area contributed by atoms with Crippen LogP contribution in [0.2, 0.25) is 0 Å². The maximum Gasteiger partial charge on any atom is 0.233 e. The Bertz CT molecular complexity index is 974. The Morgan fingerprint density at radius 3 is 2.81 bits per heavy atom. The van der Waals surface area contributed by atoms with E-state index in [1.54, 1.807) is 12.1 Å². The second-order valence-electron chi connectivity index (χ2n) is 7.49. The van der Waals surface area contributed by atoms with Gasteiger partial charge in [0.05, 0.1) is 17.1 Å². The molecule has 2 fully saturated rings. The lowest BCUT2D eigenvalue weighted by Gasteiger charge is -2.23. The Kier molecular flexibility index (Phi) is 3.39. The highest BCUT2D eigenvalue weighted by molar-refractivity contribution is 5.92. The fraction of sp³-hybridized carbons (Fsp3) is 0.333. The first kappa shape index (κ1) is 15.6. The number of aromatic nitrogens is 2. The summed E-state index contributed by atoms with van der Waals surface area (Å²) >= 11 is 0. The van der Waals surface area contributed by atoms with Crippen LogP contribution in [0.5, 0.6) is 0 Å². The normalized spacial score (nSPS) is 21.3. The van der Waals surface area contributed by atoms with Gasteiger partial charge in [-0.05, 0) is 48.6 Å². The molecule has 1 aromatic carbocycles. The van der Waals surface area contributed by atoms with Crippen molar-refractivity contribution in [2.24, 2.45) is 0 Å². The number of carbonyl (C=O) groups excluding carboxylic acids is 1. The number of carbonyl (C=O) groups is 1. The molecule has 1 saturated heterocycles. The van der Waals surface area contributed by atoms with Crippen LogP contribution in [0.1, 0.15) is 36.3 Å². The molecule has 3 aromatic rings. The largest absolute Gasteiger partial charge is 0.360 e. The van der Waals surface area contributed by atoms with Crippen LogP contribution in [0.25, 0.3) is 10.9 Å². The van der Waals surface area contributed by atoms with Gasteiger partial charge in [0.25, 0.3) is 0 Å². The van der Waals surface area contributed by atoms with Gasteiger partial charge in [0.1, 0.15) is 5.82 Å². The molecule has 5 heteroatoms. The van der Waals surface area contributed by atoms with Gasteiger partial charge in [0.15, 0.2) is 0 Å². The van der Waals surface area contributed by atoms with Crippen LogP contribution in [0.3, 0.4) is 0 Å². The topological polar surface area (TPSA) is 49.0 Å². The zero-order valence-corrected chi connectivity index (χ0v) is 14.4. The fourth-order valence-electron chi connectivity index (χ4n) is 4.35. The maximum atomic E-state index is 13.2. The summed E-state index contributed by atoms with van der Waals surface area (Å²) in [6.07, 6.45) is 8.39. The zero-order valence-electron chi connectivity index (χ0n) is 14.4. The Morgan fingerprint density at radius 1 is 1.23 bits per heavy atom. The van der Waals surface area contributed by atoms with Crippen molar-refractivity contribution < 1.29 is 9.18 Å². The second-order valence-corrected chi connectivity index (χ2v) is 7.49. The van der Waals surface area contributed by atoms with E-state index in [0.29, 0.717) is 5.92 Å². The van der Waals surface area contributed by atoms with Gasteiger partial charge in [0.2, 0.25) is 5.91 Å². The Hall–Kier alpha value is -2.69. The fourth-order valence-corrected chi connectivity index (χ4v) is 4.35. The van der Waals surface area contributed by atoms with Crippen molar-refractivity contribution in [1.82, 2.24) is 14.9 Å². The van der Waals surface area contributed by atoms with E-state index < -0.39 is 5.41 Å². The number of halogens is 1. The van der Waals surface area contributed by atoms with Crippen molar-refractivity contribution >= 4 is 16.8 Å². The minimum atomic E-state index is -0.424. The van der Waals surface area contributed by atoms with Crippen molar-refractivity contribution in [3.63, 3.8) is 0 Å². The lowest BCUT2D eigenvalue weighted by Crippen LogP contribution is -2.37. The molecule has 5 rings (SSSR count). The van der Waals surface area contributed by atoms with Crippen molar-refractivity contribution in [3.05, 3.63) is 65.9 Å².